The van der Waals surface area contributed by atoms with Crippen molar-refractivity contribution in [3.05, 3.63) is 47.2 Å². The van der Waals surface area contributed by atoms with E-state index in [0.717, 1.165) is 16.7 Å². The molecule has 0 unspecified atom stereocenters. The van der Waals surface area contributed by atoms with Gasteiger partial charge in [-0.15, -0.1) is 5.73 Å². The van der Waals surface area contributed by atoms with Gasteiger partial charge in [-0.25, -0.2) is 0 Å². The second kappa shape index (κ2) is 4.66. The Kier molecular flexibility index (Phi) is 3.51. The fourth-order valence-corrected chi connectivity index (χ4v) is 1.12. The van der Waals surface area contributed by atoms with Gasteiger partial charge < -0.3 is 5.11 Å². The largest absolute Gasteiger partial charge is 0.391 e. The summed E-state index contributed by atoms with van der Waals surface area (Å²) in [7, 11) is 0. The van der Waals surface area contributed by atoms with Crippen LogP contribution < -0.4 is 0 Å². The van der Waals surface area contributed by atoms with Gasteiger partial charge in [0, 0.05) is 0 Å². The van der Waals surface area contributed by atoms with Crippen molar-refractivity contribution in [2.75, 3.05) is 6.61 Å². The molecular weight excluding hydrogens is 160 g/mol. The van der Waals surface area contributed by atoms with E-state index in [1.54, 1.807) is 0 Å². The number of hydrogen-bond donors (Lipinski definition) is 1. The highest BCUT2D eigenvalue weighted by Gasteiger charge is 1.91. The van der Waals surface area contributed by atoms with Crippen molar-refractivity contribution in [2.45, 2.75) is 13.8 Å². The Balaban J connectivity index is 3.05. The first kappa shape index (κ1) is 9.79. The van der Waals surface area contributed by atoms with Gasteiger partial charge in [-0.1, -0.05) is 30.3 Å². The van der Waals surface area contributed by atoms with E-state index < -0.39 is 0 Å². The molecule has 0 fully saturated rings. The molecule has 0 aromatic heterocycles. The van der Waals surface area contributed by atoms with E-state index in [4.69, 9.17) is 5.11 Å². The lowest BCUT2D eigenvalue weighted by atomic mass is 10.1. The zero-order valence-corrected chi connectivity index (χ0v) is 8.04. The second-order valence-corrected chi connectivity index (χ2v) is 3.05. The molecule has 0 atom stereocenters. The van der Waals surface area contributed by atoms with Crippen LogP contribution in [-0.4, -0.2) is 11.7 Å². The lowest BCUT2D eigenvalue weighted by Gasteiger charge is -1.97. The maximum atomic E-state index is 8.82. The first-order valence-electron chi connectivity index (χ1n) is 4.33. The molecule has 1 rings (SSSR count). The fraction of sp³-hybridized carbons (Fsp3) is 0.250. The molecule has 0 radical (unpaired) electrons. The highest BCUT2D eigenvalue weighted by Crippen LogP contribution is 2.11. The van der Waals surface area contributed by atoms with Gasteiger partial charge >= 0.3 is 0 Å². The fourth-order valence-electron chi connectivity index (χ4n) is 1.12. The molecule has 1 N–H and O–H groups in total. The average Bonchev–Trinajstić information content (AvgIpc) is 2.19. The minimum Gasteiger partial charge on any atom is -0.391 e. The Bertz CT molecular complexity index is 329. The summed E-state index contributed by atoms with van der Waals surface area (Å²) in [5, 5.41) is 8.82. The van der Waals surface area contributed by atoms with E-state index in [0.29, 0.717) is 0 Å². The predicted molar refractivity (Wildman–Crippen MR) is 55.3 cm³/mol. The molecule has 0 spiro atoms. The molecule has 68 valence electrons. The second-order valence-electron chi connectivity index (χ2n) is 3.05. The van der Waals surface area contributed by atoms with Gasteiger partial charge in [0.1, 0.15) is 0 Å². The minimum absolute atomic E-state index is 0.0736. The molecule has 1 nitrogen and oxygen atoms in total. The highest BCUT2D eigenvalue weighted by molar-refractivity contribution is 5.63. The third kappa shape index (κ3) is 2.90. The first-order valence-corrected chi connectivity index (χ1v) is 4.33. The minimum atomic E-state index is 0.0736. The number of rotatable bonds is 2. The van der Waals surface area contributed by atoms with Crippen LogP contribution in [0.3, 0.4) is 0 Å². The van der Waals surface area contributed by atoms with Crippen LogP contribution in [0.15, 0.2) is 41.6 Å². The van der Waals surface area contributed by atoms with E-state index in [-0.39, 0.29) is 6.61 Å². The van der Waals surface area contributed by atoms with Crippen LogP contribution in [0, 0.1) is 0 Å². The standard InChI is InChI=1S/C12H14O/c1-10(9-13)8-11(2)12-6-4-3-5-7-12/h3-7,13H,9H2,1-2H3. The zero-order chi connectivity index (χ0) is 9.68. The Hall–Kier alpha value is -1.30. The SMILES string of the molecule is CC(=C=C(C)c1ccccc1)CO. The molecular formula is C12H14O. The molecule has 0 aliphatic heterocycles. The smallest absolute Gasteiger partial charge is 0.0713 e. The van der Waals surface area contributed by atoms with Crippen molar-refractivity contribution in [2.24, 2.45) is 0 Å². The number of hydrogen-bond acceptors (Lipinski definition) is 1. The maximum Gasteiger partial charge on any atom is 0.0713 e. The van der Waals surface area contributed by atoms with Gasteiger partial charge in [0.25, 0.3) is 0 Å². The van der Waals surface area contributed by atoms with Gasteiger partial charge in [0.05, 0.1) is 6.61 Å². The summed E-state index contributed by atoms with van der Waals surface area (Å²) >= 11 is 0. The van der Waals surface area contributed by atoms with Gasteiger partial charge in [0.2, 0.25) is 0 Å². The van der Waals surface area contributed by atoms with Crippen LogP contribution in [0.1, 0.15) is 19.4 Å². The summed E-state index contributed by atoms with van der Waals surface area (Å²) in [6.07, 6.45) is 0. The molecule has 0 heterocycles. The Morgan fingerprint density at radius 2 is 1.85 bits per heavy atom. The van der Waals surface area contributed by atoms with Crippen molar-refractivity contribution >= 4 is 5.57 Å². The van der Waals surface area contributed by atoms with Gasteiger partial charge in [-0.2, -0.15) is 0 Å². The van der Waals surface area contributed by atoms with E-state index in [1.807, 2.05) is 44.2 Å². The summed E-state index contributed by atoms with van der Waals surface area (Å²) in [5.41, 5.74) is 6.20. The van der Waals surface area contributed by atoms with Crippen molar-refractivity contribution in [3.8, 4) is 0 Å². The third-order valence-corrected chi connectivity index (χ3v) is 1.84. The molecule has 13 heavy (non-hydrogen) atoms. The molecule has 1 heteroatoms. The Morgan fingerprint density at radius 3 is 2.38 bits per heavy atom. The van der Waals surface area contributed by atoms with Crippen LogP contribution in [-0.2, 0) is 0 Å². The molecule has 0 amide bonds. The average molecular weight is 174 g/mol. The lowest BCUT2D eigenvalue weighted by Crippen LogP contribution is -1.82. The first-order chi connectivity index (χ1) is 6.24. The van der Waals surface area contributed by atoms with Crippen molar-refractivity contribution in [3.63, 3.8) is 0 Å². The zero-order valence-electron chi connectivity index (χ0n) is 8.04. The van der Waals surface area contributed by atoms with Gasteiger partial charge in [-0.05, 0) is 30.6 Å². The third-order valence-electron chi connectivity index (χ3n) is 1.84. The Labute approximate surface area is 79.0 Å². The number of aliphatic hydroxyl groups excluding tert-OH is 1. The summed E-state index contributed by atoms with van der Waals surface area (Å²) in [5.74, 6) is 0. The van der Waals surface area contributed by atoms with E-state index in [2.05, 4.69) is 5.73 Å². The topological polar surface area (TPSA) is 20.2 Å². The van der Waals surface area contributed by atoms with E-state index in [1.165, 1.54) is 0 Å². The normalized spacial score (nSPS) is 9.15. The van der Waals surface area contributed by atoms with Crippen molar-refractivity contribution in [1.82, 2.24) is 0 Å². The summed E-state index contributed by atoms with van der Waals surface area (Å²) in [4.78, 5) is 0. The summed E-state index contributed by atoms with van der Waals surface area (Å²) < 4.78 is 0. The van der Waals surface area contributed by atoms with Crippen LogP contribution in [0.4, 0.5) is 0 Å². The summed E-state index contributed by atoms with van der Waals surface area (Å²) in [6, 6.07) is 10.0. The van der Waals surface area contributed by atoms with Crippen molar-refractivity contribution < 1.29 is 5.11 Å². The van der Waals surface area contributed by atoms with E-state index in [9.17, 15) is 0 Å². The monoisotopic (exact) mass is 174 g/mol. The van der Waals surface area contributed by atoms with Crippen LogP contribution in [0.5, 0.6) is 0 Å². The summed E-state index contributed by atoms with van der Waals surface area (Å²) in [6.45, 7) is 3.94. The van der Waals surface area contributed by atoms with Crippen LogP contribution >= 0.6 is 0 Å². The molecule has 0 bridgehead atoms. The van der Waals surface area contributed by atoms with E-state index >= 15 is 0 Å². The predicted octanol–water partition coefficient (Wildman–Crippen LogP) is 2.63. The maximum absolute atomic E-state index is 8.82. The Morgan fingerprint density at radius 1 is 1.23 bits per heavy atom. The number of aliphatic hydroxyl groups is 1. The molecule has 0 saturated carbocycles. The molecule has 0 aliphatic rings. The van der Waals surface area contributed by atoms with Gasteiger partial charge in [0.15, 0.2) is 0 Å². The molecule has 1 aromatic carbocycles. The molecule has 0 aliphatic carbocycles. The highest BCUT2D eigenvalue weighted by atomic mass is 16.3. The van der Waals surface area contributed by atoms with Gasteiger partial charge in [-0.3, -0.25) is 0 Å². The quantitative estimate of drug-likeness (QED) is 0.683. The molecule has 0 saturated heterocycles. The molecule has 1 aromatic rings. The number of benzene rings is 1. The van der Waals surface area contributed by atoms with Crippen molar-refractivity contribution in [1.29, 1.82) is 0 Å². The van der Waals surface area contributed by atoms with Crippen LogP contribution in [0.25, 0.3) is 5.57 Å². The van der Waals surface area contributed by atoms with Crippen LogP contribution in [0.2, 0.25) is 0 Å². The lowest BCUT2D eigenvalue weighted by molar-refractivity contribution is 0.331.